The average Bonchev–Trinajstić information content (AvgIpc) is 3.35. The van der Waals surface area contributed by atoms with Crippen LogP contribution in [0.5, 0.6) is 0 Å². The van der Waals surface area contributed by atoms with Crippen LogP contribution < -0.4 is 4.72 Å². The zero-order valence-electron chi connectivity index (χ0n) is 13.7. The third kappa shape index (κ3) is 3.74. The molecule has 0 fully saturated rings. The SMILES string of the molecule is O=S(=O)(Nc1ccc(-c2noc(-c3cccc(F)c3)n2)cc1)c1cccs1. The first kappa shape index (κ1) is 17.4. The number of benzene rings is 2. The fraction of sp³-hybridized carbons (Fsp3) is 0. The molecule has 0 radical (unpaired) electrons. The summed E-state index contributed by atoms with van der Waals surface area (Å²) in [7, 11) is -3.60. The van der Waals surface area contributed by atoms with Crippen LogP contribution in [0.25, 0.3) is 22.8 Å². The number of hydrogen-bond donors (Lipinski definition) is 1. The molecule has 4 aromatic rings. The number of nitrogens with zero attached hydrogens (tertiary/aromatic N) is 2. The van der Waals surface area contributed by atoms with Crippen LogP contribution in [-0.2, 0) is 10.0 Å². The molecular formula is C18H12FN3O3S2. The van der Waals surface area contributed by atoms with E-state index in [1.54, 1.807) is 47.8 Å². The first-order valence-electron chi connectivity index (χ1n) is 7.78. The zero-order valence-corrected chi connectivity index (χ0v) is 15.3. The smallest absolute Gasteiger partial charge is 0.271 e. The van der Waals surface area contributed by atoms with Gasteiger partial charge in [-0.1, -0.05) is 17.3 Å². The second kappa shape index (κ2) is 6.93. The van der Waals surface area contributed by atoms with Crippen molar-refractivity contribution in [3.05, 3.63) is 71.9 Å². The molecule has 0 amide bonds. The van der Waals surface area contributed by atoms with Gasteiger partial charge >= 0.3 is 0 Å². The Labute approximate surface area is 158 Å². The van der Waals surface area contributed by atoms with Crippen LogP contribution in [-0.4, -0.2) is 18.6 Å². The Hall–Kier alpha value is -3.04. The summed E-state index contributed by atoms with van der Waals surface area (Å²) >= 11 is 1.14. The van der Waals surface area contributed by atoms with E-state index in [1.165, 1.54) is 18.2 Å². The van der Waals surface area contributed by atoms with Crippen molar-refractivity contribution in [2.45, 2.75) is 4.21 Å². The summed E-state index contributed by atoms with van der Waals surface area (Å²) in [6.45, 7) is 0. The molecule has 0 aliphatic rings. The number of hydrogen-bond acceptors (Lipinski definition) is 6. The van der Waals surface area contributed by atoms with Crippen molar-refractivity contribution >= 4 is 27.0 Å². The van der Waals surface area contributed by atoms with Gasteiger partial charge in [0.15, 0.2) is 0 Å². The minimum atomic E-state index is -3.60. The van der Waals surface area contributed by atoms with Gasteiger partial charge in [0, 0.05) is 16.8 Å². The summed E-state index contributed by atoms with van der Waals surface area (Å²) in [5.41, 5.74) is 1.54. The fourth-order valence-electron chi connectivity index (χ4n) is 2.39. The molecule has 9 heteroatoms. The van der Waals surface area contributed by atoms with Gasteiger partial charge in [-0.25, -0.2) is 12.8 Å². The van der Waals surface area contributed by atoms with Gasteiger partial charge in [-0.3, -0.25) is 4.72 Å². The molecule has 6 nitrogen and oxygen atoms in total. The van der Waals surface area contributed by atoms with E-state index < -0.39 is 15.8 Å². The lowest BCUT2D eigenvalue weighted by atomic mass is 10.2. The molecule has 0 atom stereocenters. The van der Waals surface area contributed by atoms with Crippen LogP contribution in [0.2, 0.25) is 0 Å². The molecule has 0 spiro atoms. The standard InChI is InChI=1S/C18H12FN3O3S2/c19-14-4-1-3-13(11-14)18-20-17(21-25-18)12-6-8-15(9-7-12)22-27(23,24)16-5-2-10-26-16/h1-11,22H. The van der Waals surface area contributed by atoms with E-state index in [2.05, 4.69) is 14.9 Å². The largest absolute Gasteiger partial charge is 0.334 e. The Morgan fingerprint density at radius 2 is 1.81 bits per heavy atom. The highest BCUT2D eigenvalue weighted by atomic mass is 32.2. The number of anilines is 1. The molecule has 0 aliphatic carbocycles. The highest BCUT2D eigenvalue weighted by Crippen LogP contribution is 2.25. The first-order chi connectivity index (χ1) is 13.0. The van der Waals surface area contributed by atoms with E-state index in [0.29, 0.717) is 22.6 Å². The third-order valence-corrected chi connectivity index (χ3v) is 6.43. The Balaban J connectivity index is 1.55. The third-order valence-electron chi connectivity index (χ3n) is 3.65. The van der Waals surface area contributed by atoms with E-state index in [1.807, 2.05) is 0 Å². The Morgan fingerprint density at radius 3 is 2.52 bits per heavy atom. The van der Waals surface area contributed by atoms with Gasteiger partial charge in [-0.15, -0.1) is 11.3 Å². The lowest BCUT2D eigenvalue weighted by Crippen LogP contribution is -2.11. The summed E-state index contributed by atoms with van der Waals surface area (Å²) in [5, 5.41) is 5.59. The molecule has 4 rings (SSSR count). The van der Waals surface area contributed by atoms with Crippen LogP contribution in [0.1, 0.15) is 0 Å². The van der Waals surface area contributed by atoms with Crippen molar-refractivity contribution in [1.29, 1.82) is 0 Å². The predicted molar refractivity (Wildman–Crippen MR) is 100 cm³/mol. The molecule has 2 aromatic heterocycles. The molecule has 0 saturated carbocycles. The number of aromatic nitrogens is 2. The molecule has 2 heterocycles. The first-order valence-corrected chi connectivity index (χ1v) is 10.1. The molecule has 136 valence electrons. The summed E-state index contributed by atoms with van der Waals surface area (Å²) in [4.78, 5) is 4.26. The normalized spacial score (nSPS) is 11.4. The highest BCUT2D eigenvalue weighted by Gasteiger charge is 2.16. The molecular weight excluding hydrogens is 389 g/mol. The summed E-state index contributed by atoms with van der Waals surface area (Å²) in [6.07, 6.45) is 0. The number of halogens is 1. The topological polar surface area (TPSA) is 85.1 Å². The van der Waals surface area contributed by atoms with Crippen LogP contribution in [0.4, 0.5) is 10.1 Å². The monoisotopic (exact) mass is 401 g/mol. The van der Waals surface area contributed by atoms with Gasteiger partial charge in [0.05, 0.1) is 0 Å². The van der Waals surface area contributed by atoms with Gasteiger partial charge in [0.25, 0.3) is 15.9 Å². The highest BCUT2D eigenvalue weighted by molar-refractivity contribution is 7.94. The molecule has 1 N–H and O–H groups in total. The second-order valence-corrected chi connectivity index (χ2v) is 8.41. The number of sulfonamides is 1. The Morgan fingerprint density at radius 1 is 1.00 bits per heavy atom. The van der Waals surface area contributed by atoms with Crippen molar-refractivity contribution in [3.8, 4) is 22.8 Å². The number of rotatable bonds is 5. The maximum absolute atomic E-state index is 13.3. The molecule has 0 aliphatic heterocycles. The summed E-state index contributed by atoms with van der Waals surface area (Å²) in [6, 6.07) is 15.6. The quantitative estimate of drug-likeness (QED) is 0.536. The predicted octanol–water partition coefficient (Wildman–Crippen LogP) is 4.41. The maximum Gasteiger partial charge on any atom is 0.271 e. The van der Waals surface area contributed by atoms with Crippen LogP contribution in [0.15, 0.2) is 74.8 Å². The van der Waals surface area contributed by atoms with Crippen LogP contribution in [0.3, 0.4) is 0 Å². The lowest BCUT2D eigenvalue weighted by molar-refractivity contribution is 0.432. The van der Waals surface area contributed by atoms with Crippen molar-refractivity contribution in [3.63, 3.8) is 0 Å². The van der Waals surface area contributed by atoms with E-state index in [0.717, 1.165) is 11.3 Å². The minimum absolute atomic E-state index is 0.201. The number of nitrogens with one attached hydrogen (secondary N) is 1. The Kier molecular flexibility index (Phi) is 4.46. The lowest BCUT2D eigenvalue weighted by Gasteiger charge is -2.06. The molecule has 0 unspecified atom stereocenters. The maximum atomic E-state index is 13.3. The molecule has 27 heavy (non-hydrogen) atoms. The zero-order chi connectivity index (χ0) is 18.9. The Bertz CT molecular complexity index is 1170. The van der Waals surface area contributed by atoms with Gasteiger partial charge in [0.2, 0.25) is 5.82 Å². The van der Waals surface area contributed by atoms with Gasteiger partial charge in [-0.05, 0) is 53.9 Å². The van der Waals surface area contributed by atoms with Crippen molar-refractivity contribution in [2.75, 3.05) is 4.72 Å². The minimum Gasteiger partial charge on any atom is -0.334 e. The van der Waals surface area contributed by atoms with Crippen LogP contribution in [0, 0.1) is 5.82 Å². The fourth-order valence-corrected chi connectivity index (χ4v) is 4.44. The van der Waals surface area contributed by atoms with Crippen molar-refractivity contribution < 1.29 is 17.3 Å². The molecule has 0 saturated heterocycles. The van der Waals surface area contributed by atoms with Crippen molar-refractivity contribution in [2.24, 2.45) is 0 Å². The van der Waals surface area contributed by atoms with Crippen LogP contribution >= 0.6 is 11.3 Å². The van der Waals surface area contributed by atoms with E-state index in [-0.39, 0.29) is 10.1 Å². The van der Waals surface area contributed by atoms with E-state index in [9.17, 15) is 12.8 Å². The van der Waals surface area contributed by atoms with E-state index >= 15 is 0 Å². The van der Waals surface area contributed by atoms with Gasteiger partial charge in [-0.2, -0.15) is 4.98 Å². The second-order valence-electron chi connectivity index (χ2n) is 5.55. The summed E-state index contributed by atoms with van der Waals surface area (Å²) < 4.78 is 45.7. The van der Waals surface area contributed by atoms with Crippen molar-refractivity contribution in [1.82, 2.24) is 10.1 Å². The van der Waals surface area contributed by atoms with E-state index in [4.69, 9.17) is 4.52 Å². The van der Waals surface area contributed by atoms with Gasteiger partial charge < -0.3 is 4.52 Å². The summed E-state index contributed by atoms with van der Waals surface area (Å²) in [5.74, 6) is 0.128. The van der Waals surface area contributed by atoms with Gasteiger partial charge in [0.1, 0.15) is 10.0 Å². The molecule has 0 bridgehead atoms. The number of thiophene rings is 1. The molecule has 2 aromatic carbocycles. The average molecular weight is 401 g/mol.